The molecule has 1 saturated heterocycles. The summed E-state index contributed by atoms with van der Waals surface area (Å²) in [5.41, 5.74) is 1.92. The van der Waals surface area contributed by atoms with Gasteiger partial charge in [-0.2, -0.15) is 0 Å². The summed E-state index contributed by atoms with van der Waals surface area (Å²) >= 11 is 8.42. The molecule has 0 unspecified atom stereocenters. The number of carbonyl (C=O) groups excluding carboxylic acids is 1. The van der Waals surface area contributed by atoms with Gasteiger partial charge in [0.15, 0.2) is 16.6 Å². The van der Waals surface area contributed by atoms with Gasteiger partial charge in [0.25, 0.3) is 5.91 Å². The Balaban J connectivity index is 1.85. The third kappa shape index (κ3) is 4.84. The molecule has 1 aliphatic heterocycles. The van der Waals surface area contributed by atoms with Crippen molar-refractivity contribution in [3.63, 3.8) is 0 Å². The maximum Gasteiger partial charge on any atom is 0.273 e. The molecular formula is C19H16BrFN2O3S. The van der Waals surface area contributed by atoms with E-state index < -0.39 is 0 Å². The molecule has 0 aromatic heterocycles. The first kappa shape index (κ1) is 19.3. The van der Waals surface area contributed by atoms with Crippen LogP contribution in [0.15, 0.2) is 46.6 Å². The van der Waals surface area contributed by atoms with E-state index in [9.17, 15) is 9.18 Å². The molecule has 27 heavy (non-hydrogen) atoms. The average molecular weight is 451 g/mol. The second-order valence-electron chi connectivity index (χ2n) is 5.63. The standard InChI is InChI=1S/C19H16BrFN2O3S/c1-2-25-16-8-12(7-15-18(24)23-19(27)22-15)14(20)9-17(16)26-10-11-3-5-13(21)6-4-11/h3-9H,2,10H2,1H3,(H2,22,23,24,27)/b15-7+. The minimum Gasteiger partial charge on any atom is -0.490 e. The molecule has 0 radical (unpaired) electrons. The molecule has 0 atom stereocenters. The number of thiocarbonyl (C=S) groups is 1. The minimum atomic E-state index is -0.294. The van der Waals surface area contributed by atoms with Crippen LogP contribution in [0.3, 0.4) is 0 Å². The lowest BCUT2D eigenvalue weighted by molar-refractivity contribution is -0.115. The summed E-state index contributed by atoms with van der Waals surface area (Å²) in [6, 6.07) is 9.64. The number of amides is 1. The highest BCUT2D eigenvalue weighted by Crippen LogP contribution is 2.35. The molecule has 1 aliphatic rings. The summed E-state index contributed by atoms with van der Waals surface area (Å²) < 4.78 is 25.3. The minimum absolute atomic E-state index is 0.269. The molecule has 2 aromatic carbocycles. The Kier molecular flexibility index (Phi) is 6.08. The first-order valence-corrected chi connectivity index (χ1v) is 9.34. The largest absolute Gasteiger partial charge is 0.490 e. The van der Waals surface area contributed by atoms with Crippen molar-refractivity contribution in [1.29, 1.82) is 0 Å². The fourth-order valence-electron chi connectivity index (χ4n) is 2.42. The zero-order chi connectivity index (χ0) is 19.4. The monoisotopic (exact) mass is 450 g/mol. The van der Waals surface area contributed by atoms with Crippen LogP contribution < -0.4 is 20.1 Å². The Labute approximate surface area is 169 Å². The van der Waals surface area contributed by atoms with E-state index in [0.29, 0.717) is 23.8 Å². The van der Waals surface area contributed by atoms with Crippen LogP contribution in [0.25, 0.3) is 6.08 Å². The van der Waals surface area contributed by atoms with Crippen LogP contribution in [0.5, 0.6) is 11.5 Å². The van der Waals surface area contributed by atoms with Crippen molar-refractivity contribution in [2.75, 3.05) is 6.61 Å². The molecule has 0 aliphatic carbocycles. The Morgan fingerprint density at radius 2 is 1.85 bits per heavy atom. The van der Waals surface area contributed by atoms with Gasteiger partial charge in [0.2, 0.25) is 0 Å². The van der Waals surface area contributed by atoms with E-state index in [1.54, 1.807) is 30.3 Å². The summed E-state index contributed by atoms with van der Waals surface area (Å²) in [6.45, 7) is 2.59. The lowest BCUT2D eigenvalue weighted by atomic mass is 10.1. The lowest BCUT2D eigenvalue weighted by Crippen LogP contribution is -2.21. The fourth-order valence-corrected chi connectivity index (χ4v) is 3.06. The summed E-state index contributed by atoms with van der Waals surface area (Å²) in [5, 5.41) is 5.59. The van der Waals surface area contributed by atoms with E-state index in [-0.39, 0.29) is 23.4 Å². The average Bonchev–Trinajstić information content (AvgIpc) is 2.95. The normalized spacial score (nSPS) is 14.9. The molecule has 140 valence electrons. The zero-order valence-corrected chi connectivity index (χ0v) is 16.7. The summed E-state index contributed by atoms with van der Waals surface area (Å²) in [7, 11) is 0. The second kappa shape index (κ2) is 8.49. The first-order valence-electron chi connectivity index (χ1n) is 8.14. The van der Waals surface area contributed by atoms with Gasteiger partial charge in [0.1, 0.15) is 18.1 Å². The van der Waals surface area contributed by atoms with Crippen molar-refractivity contribution in [2.45, 2.75) is 13.5 Å². The summed E-state index contributed by atoms with van der Waals surface area (Å²) in [5.74, 6) is 0.490. The number of rotatable bonds is 6. The molecule has 5 nitrogen and oxygen atoms in total. The van der Waals surface area contributed by atoms with E-state index in [1.807, 2.05) is 6.92 Å². The van der Waals surface area contributed by atoms with Crippen molar-refractivity contribution in [3.05, 3.63) is 63.5 Å². The van der Waals surface area contributed by atoms with E-state index in [1.165, 1.54) is 12.1 Å². The Morgan fingerprint density at radius 1 is 1.15 bits per heavy atom. The van der Waals surface area contributed by atoms with Gasteiger partial charge in [-0.25, -0.2) is 4.39 Å². The fraction of sp³-hybridized carbons (Fsp3) is 0.158. The lowest BCUT2D eigenvalue weighted by Gasteiger charge is -2.14. The van der Waals surface area contributed by atoms with Gasteiger partial charge in [-0.15, -0.1) is 0 Å². The number of benzene rings is 2. The van der Waals surface area contributed by atoms with Gasteiger partial charge in [0, 0.05) is 4.47 Å². The Morgan fingerprint density at radius 3 is 2.48 bits per heavy atom. The number of halogens is 2. The topological polar surface area (TPSA) is 59.6 Å². The van der Waals surface area contributed by atoms with Crippen molar-refractivity contribution >= 4 is 45.2 Å². The van der Waals surface area contributed by atoms with E-state index in [4.69, 9.17) is 21.7 Å². The number of hydrogen-bond acceptors (Lipinski definition) is 4. The van der Waals surface area contributed by atoms with Gasteiger partial charge < -0.3 is 14.8 Å². The molecule has 0 saturated carbocycles. The van der Waals surface area contributed by atoms with Crippen molar-refractivity contribution in [1.82, 2.24) is 10.6 Å². The maximum absolute atomic E-state index is 13.0. The van der Waals surface area contributed by atoms with Crippen LogP contribution in [0.2, 0.25) is 0 Å². The predicted octanol–water partition coefficient (Wildman–Crippen LogP) is 3.91. The van der Waals surface area contributed by atoms with Crippen LogP contribution in [0.4, 0.5) is 4.39 Å². The highest BCUT2D eigenvalue weighted by molar-refractivity contribution is 9.10. The molecule has 2 N–H and O–H groups in total. The molecule has 1 amide bonds. The third-order valence-corrected chi connectivity index (χ3v) is 4.58. The maximum atomic E-state index is 13.0. The first-order chi connectivity index (χ1) is 13.0. The number of hydrogen-bond donors (Lipinski definition) is 2. The smallest absolute Gasteiger partial charge is 0.273 e. The molecule has 1 fully saturated rings. The van der Waals surface area contributed by atoms with Crippen LogP contribution in [0.1, 0.15) is 18.1 Å². The molecule has 0 spiro atoms. The molecule has 0 bridgehead atoms. The Hall–Kier alpha value is -2.45. The van der Waals surface area contributed by atoms with Crippen LogP contribution in [0, 0.1) is 5.82 Å². The van der Waals surface area contributed by atoms with Crippen molar-refractivity contribution in [3.8, 4) is 11.5 Å². The van der Waals surface area contributed by atoms with E-state index in [2.05, 4.69) is 26.6 Å². The van der Waals surface area contributed by atoms with Gasteiger partial charge in [-0.05, 0) is 60.6 Å². The van der Waals surface area contributed by atoms with Crippen molar-refractivity contribution < 1.29 is 18.7 Å². The highest BCUT2D eigenvalue weighted by atomic mass is 79.9. The number of carbonyl (C=O) groups is 1. The van der Waals surface area contributed by atoms with Gasteiger partial charge in [0.05, 0.1) is 6.61 Å². The second-order valence-corrected chi connectivity index (χ2v) is 6.90. The molecular weight excluding hydrogens is 435 g/mol. The summed E-state index contributed by atoms with van der Waals surface area (Å²) in [6.07, 6.45) is 1.67. The van der Waals surface area contributed by atoms with Crippen LogP contribution in [-0.2, 0) is 11.4 Å². The molecule has 8 heteroatoms. The Bertz CT molecular complexity index is 916. The van der Waals surface area contributed by atoms with E-state index >= 15 is 0 Å². The van der Waals surface area contributed by atoms with E-state index in [0.717, 1.165) is 15.6 Å². The van der Waals surface area contributed by atoms with Gasteiger partial charge >= 0.3 is 0 Å². The SMILES string of the molecule is CCOc1cc(/C=C2/NC(=S)NC2=O)c(Br)cc1OCc1ccc(F)cc1. The van der Waals surface area contributed by atoms with Crippen LogP contribution in [-0.4, -0.2) is 17.6 Å². The quantitative estimate of drug-likeness (QED) is 0.515. The van der Waals surface area contributed by atoms with Gasteiger partial charge in [-0.1, -0.05) is 28.1 Å². The highest BCUT2D eigenvalue weighted by Gasteiger charge is 2.21. The molecule has 3 rings (SSSR count). The number of ether oxygens (including phenoxy) is 2. The third-order valence-electron chi connectivity index (χ3n) is 3.69. The van der Waals surface area contributed by atoms with Gasteiger partial charge in [-0.3, -0.25) is 10.1 Å². The zero-order valence-electron chi connectivity index (χ0n) is 14.3. The molecule has 1 heterocycles. The van der Waals surface area contributed by atoms with Crippen molar-refractivity contribution in [2.24, 2.45) is 0 Å². The predicted molar refractivity (Wildman–Crippen MR) is 108 cm³/mol. The number of nitrogens with one attached hydrogen (secondary N) is 2. The summed E-state index contributed by atoms with van der Waals surface area (Å²) in [4.78, 5) is 11.8. The molecule has 2 aromatic rings. The van der Waals surface area contributed by atoms with Crippen LogP contribution >= 0.6 is 28.1 Å².